The van der Waals surface area contributed by atoms with E-state index in [1.807, 2.05) is 16.7 Å². The van der Waals surface area contributed by atoms with Gasteiger partial charge in [-0.3, -0.25) is 9.59 Å². The number of anilines is 1. The van der Waals surface area contributed by atoms with Crippen molar-refractivity contribution in [2.24, 2.45) is 0 Å². The van der Waals surface area contributed by atoms with Crippen LogP contribution in [0, 0.1) is 0 Å². The van der Waals surface area contributed by atoms with Crippen molar-refractivity contribution < 1.29 is 9.59 Å². The van der Waals surface area contributed by atoms with Crippen LogP contribution in [-0.2, 0) is 17.9 Å². The highest BCUT2D eigenvalue weighted by molar-refractivity contribution is 6.33. The predicted octanol–water partition coefficient (Wildman–Crippen LogP) is 3.03. The van der Waals surface area contributed by atoms with Crippen LogP contribution in [0.25, 0.3) is 0 Å². The number of carbonyl (C=O) groups is 2. The summed E-state index contributed by atoms with van der Waals surface area (Å²) in [5.41, 5.74) is 1.02. The van der Waals surface area contributed by atoms with Gasteiger partial charge in [0.05, 0.1) is 23.5 Å². The summed E-state index contributed by atoms with van der Waals surface area (Å²) in [6.45, 7) is 5.47. The van der Waals surface area contributed by atoms with Gasteiger partial charge < -0.3 is 19.7 Å². The lowest BCUT2D eigenvalue weighted by atomic mass is 10.3. The fourth-order valence-corrected chi connectivity index (χ4v) is 3.30. The summed E-state index contributed by atoms with van der Waals surface area (Å²) in [7, 11) is 2.06. The van der Waals surface area contributed by atoms with Gasteiger partial charge in [-0.05, 0) is 38.2 Å². The molecule has 1 N–H and O–H groups in total. The van der Waals surface area contributed by atoms with Crippen LogP contribution < -0.4 is 5.32 Å². The molecule has 0 fully saturated rings. The largest absolute Gasteiger partial charge is 0.330 e. The molecule has 1 aromatic carbocycles. The molecule has 1 aliphatic rings. The van der Waals surface area contributed by atoms with E-state index in [1.54, 1.807) is 35.4 Å². The average molecular weight is 416 g/mol. The van der Waals surface area contributed by atoms with E-state index < -0.39 is 0 Å². The molecule has 154 valence electrons. The molecule has 2 heterocycles. The number of halogens is 1. The van der Waals surface area contributed by atoms with Gasteiger partial charge in [-0.2, -0.15) is 0 Å². The van der Waals surface area contributed by atoms with Crippen LogP contribution in [0.15, 0.2) is 42.6 Å². The maximum atomic E-state index is 12.6. The van der Waals surface area contributed by atoms with Crippen LogP contribution in [0.4, 0.5) is 5.69 Å². The number of para-hydroxylation sites is 1. The van der Waals surface area contributed by atoms with E-state index >= 15 is 0 Å². The van der Waals surface area contributed by atoms with E-state index in [0.717, 1.165) is 19.5 Å². The van der Waals surface area contributed by atoms with E-state index in [4.69, 9.17) is 11.6 Å². The lowest BCUT2D eigenvalue weighted by molar-refractivity contribution is -0.127. The van der Waals surface area contributed by atoms with Crippen molar-refractivity contribution in [1.82, 2.24) is 19.4 Å². The molecule has 0 radical (unpaired) electrons. The number of aromatic nitrogens is 2. The molecule has 3 rings (SSSR count). The molecule has 0 atom stereocenters. The Labute approximate surface area is 176 Å². The molecule has 29 heavy (non-hydrogen) atoms. The molecule has 2 amide bonds. The first-order valence-corrected chi connectivity index (χ1v) is 10.1. The highest BCUT2D eigenvalue weighted by Crippen LogP contribution is 2.22. The smallest absolute Gasteiger partial charge is 0.273 e. The van der Waals surface area contributed by atoms with Gasteiger partial charge >= 0.3 is 0 Å². The zero-order valence-corrected chi connectivity index (χ0v) is 17.5. The first-order chi connectivity index (χ1) is 14.0. The monoisotopic (exact) mass is 415 g/mol. The number of hydrogen-bond acceptors (Lipinski definition) is 4. The van der Waals surface area contributed by atoms with Crippen molar-refractivity contribution in [2.45, 2.75) is 26.4 Å². The van der Waals surface area contributed by atoms with Crippen LogP contribution >= 0.6 is 11.6 Å². The van der Waals surface area contributed by atoms with Crippen LogP contribution in [0.2, 0.25) is 5.02 Å². The molecule has 2 aromatic rings. The molecular formula is C21H26ClN5O2. The number of rotatable bonds is 7. The van der Waals surface area contributed by atoms with Gasteiger partial charge in [0, 0.05) is 19.6 Å². The van der Waals surface area contributed by atoms with Gasteiger partial charge in [0.25, 0.3) is 5.91 Å². The summed E-state index contributed by atoms with van der Waals surface area (Å²) in [5, 5.41) is 3.30. The number of benzene rings is 1. The third-order valence-electron chi connectivity index (χ3n) is 5.01. The molecule has 0 saturated heterocycles. The Balaban J connectivity index is 1.60. The minimum atomic E-state index is -0.267. The van der Waals surface area contributed by atoms with Crippen molar-refractivity contribution in [3.8, 4) is 0 Å². The standard InChI is InChI=1S/C21H26ClN5O2/c1-3-25(2)11-7-6-10-20(28)26-12-13-27-18(14-23-19(27)15-26)21(29)24-17-9-5-4-8-16(17)22/h4-6,8-10,14H,3,7,11-13,15H2,1-2H3,(H,24,29)/b10-6+. The summed E-state index contributed by atoms with van der Waals surface area (Å²) >= 11 is 6.11. The topological polar surface area (TPSA) is 70.5 Å². The molecule has 0 saturated carbocycles. The predicted molar refractivity (Wildman–Crippen MR) is 114 cm³/mol. The summed E-state index contributed by atoms with van der Waals surface area (Å²) < 4.78 is 1.86. The van der Waals surface area contributed by atoms with Gasteiger partial charge in [-0.15, -0.1) is 0 Å². The van der Waals surface area contributed by atoms with E-state index in [2.05, 4.69) is 29.2 Å². The Bertz CT molecular complexity index is 908. The van der Waals surface area contributed by atoms with Crippen molar-refractivity contribution >= 4 is 29.1 Å². The van der Waals surface area contributed by atoms with Crippen molar-refractivity contribution in [3.63, 3.8) is 0 Å². The number of imidazole rings is 1. The van der Waals surface area contributed by atoms with Crippen molar-refractivity contribution in [3.05, 3.63) is 59.2 Å². The Hall–Kier alpha value is -2.64. The lowest BCUT2D eigenvalue weighted by Crippen LogP contribution is -2.38. The Morgan fingerprint density at radius 1 is 1.31 bits per heavy atom. The molecule has 1 aliphatic heterocycles. The lowest BCUT2D eigenvalue weighted by Gasteiger charge is -2.27. The van der Waals surface area contributed by atoms with E-state index in [9.17, 15) is 9.59 Å². The molecule has 0 spiro atoms. The second kappa shape index (κ2) is 9.71. The summed E-state index contributed by atoms with van der Waals surface area (Å²) in [6.07, 6.45) is 5.93. The second-order valence-electron chi connectivity index (χ2n) is 6.99. The van der Waals surface area contributed by atoms with Gasteiger partial charge in [0.2, 0.25) is 5.91 Å². The molecule has 8 heteroatoms. The van der Waals surface area contributed by atoms with Crippen LogP contribution in [0.5, 0.6) is 0 Å². The molecular weight excluding hydrogens is 390 g/mol. The number of amides is 2. The Kier molecular flexibility index (Phi) is 7.06. The van der Waals surface area contributed by atoms with Crippen molar-refractivity contribution in [1.29, 1.82) is 0 Å². The molecule has 0 unspecified atom stereocenters. The molecule has 0 aliphatic carbocycles. The fraction of sp³-hybridized carbons (Fsp3) is 0.381. The fourth-order valence-electron chi connectivity index (χ4n) is 3.12. The zero-order valence-electron chi connectivity index (χ0n) is 16.8. The van der Waals surface area contributed by atoms with Crippen LogP contribution in [-0.4, -0.2) is 57.8 Å². The Morgan fingerprint density at radius 3 is 2.86 bits per heavy atom. The highest BCUT2D eigenvalue weighted by atomic mass is 35.5. The molecule has 1 aromatic heterocycles. The number of nitrogens with one attached hydrogen (secondary N) is 1. The van der Waals surface area contributed by atoms with Gasteiger partial charge in [-0.25, -0.2) is 4.98 Å². The van der Waals surface area contributed by atoms with Crippen LogP contribution in [0.1, 0.15) is 29.7 Å². The van der Waals surface area contributed by atoms with Gasteiger partial charge in [0.1, 0.15) is 11.5 Å². The normalized spacial score (nSPS) is 13.7. The quantitative estimate of drug-likeness (QED) is 0.705. The maximum absolute atomic E-state index is 12.6. The SMILES string of the molecule is CCN(C)CC/C=C/C(=O)N1CCn2c(C(=O)Nc3ccccc3Cl)cnc2C1. The van der Waals surface area contributed by atoms with E-state index in [0.29, 0.717) is 41.9 Å². The van der Waals surface area contributed by atoms with E-state index in [1.165, 1.54) is 0 Å². The van der Waals surface area contributed by atoms with Gasteiger partial charge in [0.15, 0.2) is 0 Å². The second-order valence-corrected chi connectivity index (χ2v) is 7.40. The number of hydrogen-bond donors (Lipinski definition) is 1. The first-order valence-electron chi connectivity index (χ1n) is 9.74. The summed E-state index contributed by atoms with van der Waals surface area (Å²) in [6, 6.07) is 7.09. The highest BCUT2D eigenvalue weighted by Gasteiger charge is 2.24. The zero-order chi connectivity index (χ0) is 20.8. The molecule has 0 bridgehead atoms. The minimum Gasteiger partial charge on any atom is -0.330 e. The number of nitrogens with zero attached hydrogens (tertiary/aromatic N) is 4. The minimum absolute atomic E-state index is 0.0273. The third kappa shape index (κ3) is 5.25. The number of carbonyl (C=O) groups excluding carboxylic acids is 2. The van der Waals surface area contributed by atoms with E-state index in [-0.39, 0.29) is 11.8 Å². The summed E-state index contributed by atoms with van der Waals surface area (Å²) in [5.74, 6) is 0.407. The number of fused-ring (bicyclic) bond motifs is 1. The maximum Gasteiger partial charge on any atom is 0.273 e. The van der Waals surface area contributed by atoms with Gasteiger partial charge in [-0.1, -0.05) is 36.7 Å². The van der Waals surface area contributed by atoms with Crippen LogP contribution in [0.3, 0.4) is 0 Å². The first kappa shape index (κ1) is 21.1. The third-order valence-corrected chi connectivity index (χ3v) is 5.34. The Morgan fingerprint density at radius 2 is 2.10 bits per heavy atom. The van der Waals surface area contributed by atoms with Crippen molar-refractivity contribution in [2.75, 3.05) is 32.0 Å². The summed E-state index contributed by atoms with van der Waals surface area (Å²) in [4.78, 5) is 33.4. The molecule has 7 nitrogen and oxygen atoms in total. The average Bonchev–Trinajstić information content (AvgIpc) is 3.15.